The monoisotopic (exact) mass is 490 g/mol. The first-order valence-corrected chi connectivity index (χ1v) is 11.9. The maximum atomic E-state index is 12.4. The van der Waals surface area contributed by atoms with E-state index in [1.54, 1.807) is 0 Å². The molecule has 3 rings (SSSR count). The second-order valence-electron chi connectivity index (χ2n) is 7.14. The fraction of sp³-hybridized carbons (Fsp3) is 0.238. The van der Waals surface area contributed by atoms with Gasteiger partial charge in [0.25, 0.3) is 5.69 Å². The summed E-state index contributed by atoms with van der Waals surface area (Å²) in [5, 5.41) is 16.0. The summed E-state index contributed by atoms with van der Waals surface area (Å²) in [4.78, 5) is 22.3. The molecule has 0 aliphatic carbocycles. The second-order valence-corrected chi connectivity index (χ2v) is 9.31. The third kappa shape index (κ3) is 7.43. The maximum Gasteiger partial charge on any atom is 0.269 e. The van der Waals surface area contributed by atoms with E-state index in [-0.39, 0.29) is 28.3 Å². The number of sulfonamides is 1. The third-order valence-corrected chi connectivity index (χ3v) is 6.36. The molecule has 0 radical (unpaired) electrons. The molecule has 1 saturated heterocycles. The molecule has 2 aromatic rings. The third-order valence-electron chi connectivity index (χ3n) is 4.72. The van der Waals surface area contributed by atoms with Crippen molar-refractivity contribution < 1.29 is 22.9 Å². The van der Waals surface area contributed by atoms with Crippen LogP contribution in [0.2, 0.25) is 0 Å². The molecule has 174 valence electrons. The minimum absolute atomic E-state index is 0.0282. The molecule has 1 atom stereocenters. The number of carbonyl (C=O) groups is 1. The Morgan fingerprint density at radius 2 is 1.88 bits per heavy atom. The van der Waals surface area contributed by atoms with E-state index in [1.165, 1.54) is 60.7 Å². The summed E-state index contributed by atoms with van der Waals surface area (Å²) in [5.74, 6) is -0.497. The van der Waals surface area contributed by atoms with Crippen molar-refractivity contribution in [2.24, 2.45) is 0 Å². The first kappa shape index (κ1) is 24.5. The Balaban J connectivity index is 1.49. The summed E-state index contributed by atoms with van der Waals surface area (Å²) in [6.07, 6.45) is 4.39. The van der Waals surface area contributed by atoms with Gasteiger partial charge in [-0.1, -0.05) is 0 Å². The summed E-state index contributed by atoms with van der Waals surface area (Å²) in [5.41, 5.74) is 1.07. The molecule has 0 bridgehead atoms. The van der Waals surface area contributed by atoms with Crippen LogP contribution < -0.4 is 15.4 Å². The molecule has 10 nitrogen and oxygen atoms in total. The number of hydrogen-bond acceptors (Lipinski definition) is 7. The molecule has 2 aromatic carbocycles. The minimum atomic E-state index is -3.66. The molecule has 1 aliphatic rings. The lowest BCUT2D eigenvalue weighted by Gasteiger charge is -2.12. The highest BCUT2D eigenvalue weighted by Gasteiger charge is 2.20. The number of non-ortho nitro benzene ring substituents is 1. The smallest absolute Gasteiger partial charge is 0.269 e. The van der Waals surface area contributed by atoms with E-state index in [4.69, 9.17) is 17.0 Å². The van der Waals surface area contributed by atoms with Crippen molar-refractivity contribution in [1.29, 1.82) is 0 Å². The van der Waals surface area contributed by atoms with Gasteiger partial charge in [0.15, 0.2) is 5.11 Å². The van der Waals surface area contributed by atoms with E-state index < -0.39 is 20.9 Å². The lowest BCUT2D eigenvalue weighted by Crippen LogP contribution is -2.33. The fourth-order valence-corrected chi connectivity index (χ4v) is 4.29. The van der Waals surface area contributed by atoms with Crippen molar-refractivity contribution in [2.45, 2.75) is 23.8 Å². The van der Waals surface area contributed by atoms with Gasteiger partial charge >= 0.3 is 0 Å². The summed E-state index contributed by atoms with van der Waals surface area (Å²) in [6.45, 7) is 0.877. The number of nitrogens with zero attached hydrogens (tertiary/aromatic N) is 1. The zero-order valence-corrected chi connectivity index (χ0v) is 19.0. The van der Waals surface area contributed by atoms with Gasteiger partial charge in [-0.05, 0) is 73.1 Å². The molecule has 0 aromatic heterocycles. The quantitative estimate of drug-likeness (QED) is 0.222. The van der Waals surface area contributed by atoms with Gasteiger partial charge < -0.3 is 10.1 Å². The van der Waals surface area contributed by atoms with Gasteiger partial charge in [-0.25, -0.2) is 13.1 Å². The minimum Gasteiger partial charge on any atom is -0.377 e. The average Bonchev–Trinajstić information content (AvgIpc) is 3.31. The Hall–Kier alpha value is -3.19. The zero-order chi connectivity index (χ0) is 23.8. The van der Waals surface area contributed by atoms with Crippen molar-refractivity contribution in [2.75, 3.05) is 18.5 Å². The lowest BCUT2D eigenvalue weighted by molar-refractivity contribution is -0.384. The number of rotatable bonds is 8. The summed E-state index contributed by atoms with van der Waals surface area (Å²) < 4.78 is 32.8. The first-order chi connectivity index (χ1) is 15.7. The normalized spacial score (nSPS) is 15.9. The summed E-state index contributed by atoms with van der Waals surface area (Å²) in [7, 11) is -3.66. The highest BCUT2D eigenvalue weighted by atomic mass is 32.2. The van der Waals surface area contributed by atoms with Gasteiger partial charge in [0.1, 0.15) is 0 Å². The van der Waals surface area contributed by atoms with Crippen LogP contribution in [0.4, 0.5) is 11.4 Å². The molecule has 3 N–H and O–H groups in total. The number of nitro groups is 1. The SMILES string of the molecule is O=C(/C=C/c1ccc([N+](=O)[O-])cc1)NC(=S)Nc1ccc(S(=O)(=O)NCC2CCCO2)cc1. The summed E-state index contributed by atoms with van der Waals surface area (Å²) in [6, 6.07) is 11.6. The molecule has 0 spiro atoms. The number of amides is 1. The van der Waals surface area contributed by atoms with Crippen molar-refractivity contribution >= 4 is 50.7 Å². The maximum absolute atomic E-state index is 12.4. The number of nitrogens with one attached hydrogen (secondary N) is 3. The van der Waals surface area contributed by atoms with Crippen LogP contribution in [-0.2, 0) is 19.6 Å². The Bertz CT molecular complexity index is 1140. The number of benzene rings is 2. The van der Waals surface area contributed by atoms with Gasteiger partial charge in [-0.3, -0.25) is 20.2 Å². The van der Waals surface area contributed by atoms with E-state index in [0.29, 0.717) is 17.9 Å². The zero-order valence-electron chi connectivity index (χ0n) is 17.4. The van der Waals surface area contributed by atoms with Crippen molar-refractivity contribution in [3.05, 3.63) is 70.3 Å². The number of carbonyl (C=O) groups excluding carboxylic acids is 1. The predicted molar refractivity (Wildman–Crippen MR) is 127 cm³/mol. The highest BCUT2D eigenvalue weighted by Crippen LogP contribution is 2.16. The van der Waals surface area contributed by atoms with Crippen molar-refractivity contribution in [3.8, 4) is 0 Å². The van der Waals surface area contributed by atoms with Crippen LogP contribution in [0.1, 0.15) is 18.4 Å². The van der Waals surface area contributed by atoms with Gasteiger partial charge in [-0.2, -0.15) is 0 Å². The molecular weight excluding hydrogens is 468 g/mol. The van der Waals surface area contributed by atoms with E-state index in [9.17, 15) is 23.3 Å². The largest absolute Gasteiger partial charge is 0.377 e. The Kier molecular flexibility index (Phi) is 8.22. The van der Waals surface area contributed by atoms with Crippen LogP contribution in [0.3, 0.4) is 0 Å². The Morgan fingerprint density at radius 3 is 2.48 bits per heavy atom. The first-order valence-electron chi connectivity index (χ1n) is 9.99. The van der Waals surface area contributed by atoms with Gasteiger partial charge in [0.05, 0.1) is 15.9 Å². The van der Waals surface area contributed by atoms with Crippen LogP contribution in [0.15, 0.2) is 59.5 Å². The standard InChI is InChI=1S/C21H22N4O6S2/c26-20(12-5-15-3-8-17(9-4-15)25(27)28)24-21(32)23-16-6-10-19(11-7-16)33(29,30)22-14-18-2-1-13-31-18/h3-12,18,22H,1-2,13-14H2,(H2,23,24,26,32)/b12-5+. The molecule has 0 saturated carbocycles. The van der Waals surface area contributed by atoms with Gasteiger partial charge in [0, 0.05) is 37.0 Å². The fourth-order valence-electron chi connectivity index (χ4n) is 3.00. The van der Waals surface area contributed by atoms with Crippen LogP contribution in [0.5, 0.6) is 0 Å². The molecular formula is C21H22N4O6S2. The second kappa shape index (κ2) is 11.1. The predicted octanol–water partition coefficient (Wildman–Crippen LogP) is 2.58. The molecule has 12 heteroatoms. The lowest BCUT2D eigenvalue weighted by atomic mass is 10.2. The molecule has 1 amide bonds. The van der Waals surface area contributed by atoms with E-state index in [2.05, 4.69) is 15.4 Å². The molecule has 1 heterocycles. The summed E-state index contributed by atoms with van der Waals surface area (Å²) >= 11 is 5.10. The molecule has 33 heavy (non-hydrogen) atoms. The van der Waals surface area contributed by atoms with Crippen LogP contribution >= 0.6 is 12.2 Å². The number of hydrogen-bond donors (Lipinski definition) is 3. The Morgan fingerprint density at radius 1 is 1.18 bits per heavy atom. The topological polar surface area (TPSA) is 140 Å². The van der Waals surface area contributed by atoms with Gasteiger partial charge in [0.2, 0.25) is 15.9 Å². The highest BCUT2D eigenvalue weighted by molar-refractivity contribution is 7.89. The van der Waals surface area contributed by atoms with Crippen LogP contribution in [-0.4, -0.2) is 43.6 Å². The molecule has 1 unspecified atom stereocenters. The van der Waals surface area contributed by atoms with Gasteiger partial charge in [-0.15, -0.1) is 0 Å². The van der Waals surface area contributed by atoms with Crippen LogP contribution in [0, 0.1) is 10.1 Å². The van der Waals surface area contributed by atoms with Crippen LogP contribution in [0.25, 0.3) is 6.08 Å². The number of ether oxygens (including phenoxy) is 1. The number of nitro benzene ring substituents is 1. The number of anilines is 1. The van der Waals surface area contributed by atoms with E-state index in [1.807, 2.05) is 0 Å². The molecule has 1 fully saturated rings. The molecule has 1 aliphatic heterocycles. The van der Waals surface area contributed by atoms with Crippen molar-refractivity contribution in [1.82, 2.24) is 10.0 Å². The van der Waals surface area contributed by atoms with E-state index >= 15 is 0 Å². The van der Waals surface area contributed by atoms with E-state index in [0.717, 1.165) is 12.8 Å². The average molecular weight is 491 g/mol. The Labute approximate surface area is 196 Å². The number of thiocarbonyl (C=S) groups is 1. The van der Waals surface area contributed by atoms with Crippen molar-refractivity contribution in [3.63, 3.8) is 0 Å².